The standard InChI is InChI=1S/C27H38N4O3/c1-3-20-7-8-22(34-2)17-23(20)27(33)31-14-10-19(11-15-31)6-4-5-12-29-26(32)25-16-21-18-28-13-9-24(21)30-25/h7-8,16-17,19,28,30H,3-6,9-15,18H2,1-2H3,(H,29,32). The zero-order valence-electron chi connectivity index (χ0n) is 20.5. The summed E-state index contributed by atoms with van der Waals surface area (Å²) in [6, 6.07) is 7.77. The lowest BCUT2D eigenvalue weighted by Crippen LogP contribution is -2.38. The molecule has 2 aliphatic heterocycles. The monoisotopic (exact) mass is 466 g/mol. The van der Waals surface area contributed by atoms with Crippen molar-refractivity contribution in [1.29, 1.82) is 0 Å². The van der Waals surface area contributed by atoms with Crippen molar-refractivity contribution >= 4 is 11.8 Å². The number of unbranched alkanes of at least 4 members (excludes halogenated alkanes) is 1. The van der Waals surface area contributed by atoms with Crippen LogP contribution in [0.25, 0.3) is 0 Å². The van der Waals surface area contributed by atoms with Crippen LogP contribution in [0.15, 0.2) is 24.3 Å². The van der Waals surface area contributed by atoms with Crippen molar-refractivity contribution < 1.29 is 14.3 Å². The molecule has 0 bridgehead atoms. The van der Waals surface area contributed by atoms with Gasteiger partial charge in [-0.25, -0.2) is 0 Å². The molecule has 2 aliphatic rings. The summed E-state index contributed by atoms with van der Waals surface area (Å²) in [5, 5.41) is 6.38. The molecule has 34 heavy (non-hydrogen) atoms. The number of amides is 2. The minimum atomic E-state index is -0.00906. The number of H-pyrrole nitrogens is 1. The van der Waals surface area contributed by atoms with Crippen molar-refractivity contribution in [3.05, 3.63) is 52.3 Å². The van der Waals surface area contributed by atoms with Crippen LogP contribution in [0.4, 0.5) is 0 Å². The van der Waals surface area contributed by atoms with E-state index in [-0.39, 0.29) is 11.8 Å². The third kappa shape index (κ3) is 5.81. The number of aromatic amines is 1. The summed E-state index contributed by atoms with van der Waals surface area (Å²) in [6.07, 6.45) is 7.11. The number of rotatable bonds is 9. The molecule has 3 heterocycles. The predicted octanol–water partition coefficient (Wildman–Crippen LogP) is 3.68. The molecule has 1 aromatic carbocycles. The van der Waals surface area contributed by atoms with Crippen LogP contribution in [-0.4, -0.2) is 55.0 Å². The van der Waals surface area contributed by atoms with Crippen molar-refractivity contribution in [3.8, 4) is 5.75 Å². The van der Waals surface area contributed by atoms with E-state index in [1.165, 1.54) is 11.3 Å². The van der Waals surface area contributed by atoms with Crippen molar-refractivity contribution in [2.45, 2.75) is 58.4 Å². The number of nitrogens with zero attached hydrogens (tertiary/aromatic N) is 1. The second-order valence-electron chi connectivity index (χ2n) is 9.48. The quantitative estimate of drug-likeness (QED) is 0.492. The zero-order valence-corrected chi connectivity index (χ0v) is 20.5. The number of piperidine rings is 1. The Kier molecular flexibility index (Phi) is 8.27. The fourth-order valence-electron chi connectivity index (χ4n) is 5.12. The number of fused-ring (bicyclic) bond motifs is 1. The Bertz CT molecular complexity index is 968. The van der Waals surface area contributed by atoms with Gasteiger partial charge >= 0.3 is 0 Å². The molecule has 0 saturated carbocycles. The molecule has 1 aromatic heterocycles. The van der Waals surface area contributed by atoms with E-state index in [1.807, 2.05) is 29.2 Å². The molecule has 0 unspecified atom stereocenters. The first-order chi connectivity index (χ1) is 16.6. The molecule has 2 amide bonds. The number of aromatic nitrogens is 1. The van der Waals surface area contributed by atoms with Gasteiger partial charge in [0.25, 0.3) is 11.8 Å². The zero-order chi connectivity index (χ0) is 23.9. The molecule has 0 atom stereocenters. The Morgan fingerprint density at radius 3 is 2.74 bits per heavy atom. The maximum absolute atomic E-state index is 13.1. The van der Waals surface area contributed by atoms with Gasteiger partial charge in [-0.2, -0.15) is 0 Å². The summed E-state index contributed by atoms with van der Waals surface area (Å²) >= 11 is 0. The Hall–Kier alpha value is -2.80. The van der Waals surface area contributed by atoms with Crippen molar-refractivity contribution in [2.75, 3.05) is 33.3 Å². The van der Waals surface area contributed by atoms with E-state index < -0.39 is 0 Å². The summed E-state index contributed by atoms with van der Waals surface area (Å²) in [5.74, 6) is 1.50. The van der Waals surface area contributed by atoms with Gasteiger partial charge in [0.05, 0.1) is 7.11 Å². The van der Waals surface area contributed by atoms with Crippen molar-refractivity contribution in [1.82, 2.24) is 20.5 Å². The van der Waals surface area contributed by atoms with Crippen LogP contribution < -0.4 is 15.4 Å². The minimum absolute atomic E-state index is 0.00906. The Labute approximate surface area is 202 Å². The smallest absolute Gasteiger partial charge is 0.267 e. The Morgan fingerprint density at radius 2 is 2.00 bits per heavy atom. The van der Waals surface area contributed by atoms with Crippen LogP contribution in [-0.2, 0) is 19.4 Å². The van der Waals surface area contributed by atoms with Gasteiger partial charge in [-0.1, -0.05) is 25.8 Å². The predicted molar refractivity (Wildman–Crippen MR) is 133 cm³/mol. The largest absolute Gasteiger partial charge is 0.497 e. The molecule has 0 aliphatic carbocycles. The molecular formula is C27H38N4O3. The number of ether oxygens (including phenoxy) is 1. The lowest BCUT2D eigenvalue weighted by atomic mass is 9.91. The Balaban J connectivity index is 1.15. The number of aryl methyl sites for hydroxylation is 1. The summed E-state index contributed by atoms with van der Waals surface area (Å²) in [5.41, 5.74) is 4.92. The van der Waals surface area contributed by atoms with Gasteiger partial charge in [0, 0.05) is 50.4 Å². The molecule has 1 saturated heterocycles. The van der Waals surface area contributed by atoms with Crippen LogP contribution in [0.1, 0.15) is 76.7 Å². The minimum Gasteiger partial charge on any atom is -0.497 e. The first-order valence-electron chi connectivity index (χ1n) is 12.7. The molecule has 3 N–H and O–H groups in total. The maximum Gasteiger partial charge on any atom is 0.267 e. The third-order valence-electron chi connectivity index (χ3n) is 7.26. The number of carbonyl (C=O) groups excluding carboxylic acids is 2. The number of hydrogen-bond acceptors (Lipinski definition) is 4. The first-order valence-corrected chi connectivity index (χ1v) is 12.7. The number of hydrogen-bond donors (Lipinski definition) is 3. The molecular weight excluding hydrogens is 428 g/mol. The number of carbonyl (C=O) groups is 2. The van der Waals surface area contributed by atoms with E-state index in [2.05, 4.69) is 22.5 Å². The molecule has 0 spiro atoms. The summed E-state index contributed by atoms with van der Waals surface area (Å²) < 4.78 is 5.33. The topological polar surface area (TPSA) is 86.5 Å². The van der Waals surface area contributed by atoms with Crippen molar-refractivity contribution in [2.24, 2.45) is 5.92 Å². The van der Waals surface area contributed by atoms with Gasteiger partial charge in [-0.15, -0.1) is 0 Å². The van der Waals surface area contributed by atoms with Crippen LogP contribution in [0.5, 0.6) is 5.75 Å². The van der Waals surface area contributed by atoms with Crippen LogP contribution in [0, 0.1) is 5.92 Å². The van der Waals surface area contributed by atoms with Gasteiger partial charge in [-0.3, -0.25) is 9.59 Å². The SMILES string of the molecule is CCc1ccc(OC)cc1C(=O)N1CCC(CCCCNC(=O)c2cc3c([nH]2)CCNC3)CC1. The van der Waals surface area contributed by atoms with Gasteiger partial charge in [0.2, 0.25) is 0 Å². The summed E-state index contributed by atoms with van der Waals surface area (Å²) in [6.45, 7) is 6.20. The fourth-order valence-corrected chi connectivity index (χ4v) is 5.12. The lowest BCUT2D eigenvalue weighted by molar-refractivity contribution is 0.0684. The normalized spacial score (nSPS) is 16.2. The van der Waals surface area contributed by atoms with Gasteiger partial charge in [-0.05, 0) is 60.9 Å². The second-order valence-corrected chi connectivity index (χ2v) is 9.48. The van der Waals surface area contributed by atoms with Crippen LogP contribution in [0.3, 0.4) is 0 Å². The highest BCUT2D eigenvalue weighted by molar-refractivity contribution is 5.96. The third-order valence-corrected chi connectivity index (χ3v) is 7.26. The Morgan fingerprint density at radius 1 is 1.18 bits per heavy atom. The highest BCUT2D eigenvalue weighted by Gasteiger charge is 2.25. The second kappa shape index (κ2) is 11.6. The van der Waals surface area contributed by atoms with E-state index in [0.29, 0.717) is 18.2 Å². The van der Waals surface area contributed by atoms with Crippen LogP contribution >= 0.6 is 0 Å². The molecule has 4 rings (SSSR count). The molecule has 0 radical (unpaired) electrons. The van der Waals surface area contributed by atoms with E-state index >= 15 is 0 Å². The van der Waals surface area contributed by atoms with Gasteiger partial charge in [0.15, 0.2) is 0 Å². The van der Waals surface area contributed by atoms with E-state index in [0.717, 1.165) is 88.0 Å². The first kappa shape index (κ1) is 24.3. The fraction of sp³-hybridized carbons (Fsp3) is 0.556. The van der Waals surface area contributed by atoms with E-state index in [9.17, 15) is 9.59 Å². The average molecular weight is 467 g/mol. The van der Waals surface area contributed by atoms with Gasteiger partial charge in [0.1, 0.15) is 11.4 Å². The molecule has 7 heteroatoms. The lowest BCUT2D eigenvalue weighted by Gasteiger charge is -2.32. The highest BCUT2D eigenvalue weighted by atomic mass is 16.5. The van der Waals surface area contributed by atoms with Gasteiger partial charge < -0.3 is 25.3 Å². The van der Waals surface area contributed by atoms with E-state index in [1.54, 1.807) is 7.11 Å². The number of nitrogens with one attached hydrogen (secondary N) is 3. The summed E-state index contributed by atoms with van der Waals surface area (Å²) in [4.78, 5) is 30.8. The molecule has 184 valence electrons. The average Bonchev–Trinajstić information content (AvgIpc) is 3.32. The maximum atomic E-state index is 13.1. The molecule has 1 fully saturated rings. The van der Waals surface area contributed by atoms with Crippen LogP contribution in [0.2, 0.25) is 0 Å². The number of benzene rings is 1. The highest BCUT2D eigenvalue weighted by Crippen LogP contribution is 2.26. The van der Waals surface area contributed by atoms with E-state index in [4.69, 9.17) is 4.74 Å². The number of methoxy groups -OCH3 is 1. The number of likely N-dealkylation sites (tertiary alicyclic amines) is 1. The molecule has 2 aromatic rings. The molecule has 7 nitrogen and oxygen atoms in total. The van der Waals surface area contributed by atoms with Crippen molar-refractivity contribution in [3.63, 3.8) is 0 Å². The summed E-state index contributed by atoms with van der Waals surface area (Å²) in [7, 11) is 1.64.